The molecule has 19 heavy (non-hydrogen) atoms. The van der Waals surface area contributed by atoms with Gasteiger partial charge in [-0.05, 0) is 33.2 Å². The minimum atomic E-state index is -0.485. The summed E-state index contributed by atoms with van der Waals surface area (Å²) in [4.78, 5) is 24.7. The number of hydrogen-bond donors (Lipinski definition) is 0. The fourth-order valence-electron chi connectivity index (χ4n) is 1.14. The Morgan fingerprint density at radius 1 is 1.26 bits per heavy atom. The third-order valence-corrected chi connectivity index (χ3v) is 2.86. The Labute approximate surface area is 117 Å². The monoisotopic (exact) mass is 283 g/mol. The van der Waals surface area contributed by atoms with Gasteiger partial charge in [0.15, 0.2) is 12.0 Å². The summed E-state index contributed by atoms with van der Waals surface area (Å²) < 4.78 is 10.5. The highest BCUT2D eigenvalue weighted by molar-refractivity contribution is 8.09. The van der Waals surface area contributed by atoms with Crippen LogP contribution in [0.4, 0.5) is 0 Å². The summed E-state index contributed by atoms with van der Waals surface area (Å²) >= 11 is 0.684. The lowest BCUT2D eigenvalue weighted by atomic mass is 10.2. The van der Waals surface area contributed by atoms with E-state index in [1.54, 1.807) is 36.1 Å². The molecule has 1 unspecified atom stereocenters. The molecule has 6 heteroatoms. The Morgan fingerprint density at radius 3 is 2.47 bits per heavy atom. The van der Waals surface area contributed by atoms with Crippen LogP contribution >= 0.6 is 12.0 Å². The molecule has 0 saturated carbocycles. The number of esters is 1. The Bertz CT molecular complexity index is 462. The molecule has 0 aliphatic heterocycles. The van der Waals surface area contributed by atoms with Crippen molar-refractivity contribution in [2.24, 2.45) is 0 Å². The molecule has 1 atom stereocenters. The number of para-hydroxylation sites is 1. The second-order valence-electron chi connectivity index (χ2n) is 4.12. The number of hydrogen-bond acceptors (Lipinski definition) is 6. The van der Waals surface area contributed by atoms with Gasteiger partial charge in [0.05, 0.1) is 0 Å². The van der Waals surface area contributed by atoms with E-state index in [4.69, 9.17) is 8.92 Å². The second-order valence-corrected chi connectivity index (χ2v) is 5.03. The number of ether oxygens (including phenoxy) is 1. The van der Waals surface area contributed by atoms with Crippen molar-refractivity contribution in [1.29, 1.82) is 0 Å². The highest BCUT2D eigenvalue weighted by Gasteiger charge is 2.18. The first-order chi connectivity index (χ1) is 8.91. The summed E-state index contributed by atoms with van der Waals surface area (Å²) in [5, 5.41) is -0.190. The number of rotatable bonds is 5. The van der Waals surface area contributed by atoms with E-state index in [1.807, 2.05) is 14.1 Å². The van der Waals surface area contributed by atoms with Crippen LogP contribution in [0, 0.1) is 0 Å². The molecule has 0 aliphatic carbocycles. The Kier molecular flexibility index (Phi) is 5.85. The van der Waals surface area contributed by atoms with Gasteiger partial charge in [0.2, 0.25) is 5.12 Å². The zero-order valence-electron chi connectivity index (χ0n) is 11.4. The third-order valence-electron chi connectivity index (χ3n) is 2.36. The largest absolute Gasteiger partial charge is 0.443 e. The summed E-state index contributed by atoms with van der Waals surface area (Å²) in [5.41, 5.74) is 0.296. The van der Waals surface area contributed by atoms with Crippen LogP contribution in [0.2, 0.25) is 0 Å². The van der Waals surface area contributed by atoms with Gasteiger partial charge in [-0.1, -0.05) is 12.1 Å². The van der Waals surface area contributed by atoms with E-state index < -0.39 is 5.97 Å². The highest BCUT2D eigenvalue weighted by atomic mass is 32.2. The molecule has 0 bridgehead atoms. The van der Waals surface area contributed by atoms with Crippen molar-refractivity contribution in [1.82, 2.24) is 4.90 Å². The van der Waals surface area contributed by atoms with E-state index in [9.17, 15) is 9.59 Å². The van der Waals surface area contributed by atoms with Crippen molar-refractivity contribution >= 4 is 23.1 Å². The third kappa shape index (κ3) is 4.92. The summed E-state index contributed by atoms with van der Waals surface area (Å²) in [7, 11) is 3.62. The van der Waals surface area contributed by atoms with Gasteiger partial charge in [0.1, 0.15) is 17.6 Å². The number of carbonyl (C=O) groups excluding carboxylic acids is 2. The number of carbonyl (C=O) groups is 2. The molecule has 0 radical (unpaired) electrons. The molecular weight excluding hydrogens is 266 g/mol. The Balaban J connectivity index is 2.81. The van der Waals surface area contributed by atoms with Crippen molar-refractivity contribution in [2.45, 2.75) is 20.1 Å². The molecule has 1 aromatic rings. The predicted molar refractivity (Wildman–Crippen MR) is 73.9 cm³/mol. The average molecular weight is 283 g/mol. The molecule has 0 amide bonds. The van der Waals surface area contributed by atoms with Crippen molar-refractivity contribution in [3.8, 4) is 5.75 Å². The first-order valence-corrected chi connectivity index (χ1v) is 6.47. The predicted octanol–water partition coefficient (Wildman–Crippen LogP) is 2.32. The van der Waals surface area contributed by atoms with E-state index in [0.29, 0.717) is 23.4 Å². The van der Waals surface area contributed by atoms with Crippen molar-refractivity contribution in [3.05, 3.63) is 29.8 Å². The minimum Gasteiger partial charge on any atom is -0.443 e. The van der Waals surface area contributed by atoms with Gasteiger partial charge in [-0.15, -0.1) is 0 Å². The second kappa shape index (κ2) is 7.16. The number of benzene rings is 1. The van der Waals surface area contributed by atoms with Gasteiger partial charge in [0, 0.05) is 6.92 Å². The van der Waals surface area contributed by atoms with E-state index in [-0.39, 0.29) is 11.3 Å². The molecular formula is C13H17NO4S. The van der Waals surface area contributed by atoms with Crippen LogP contribution in [0.25, 0.3) is 0 Å². The van der Waals surface area contributed by atoms with Crippen LogP contribution in [0.15, 0.2) is 24.3 Å². The molecule has 0 spiro atoms. The molecule has 0 saturated heterocycles. The van der Waals surface area contributed by atoms with Crippen LogP contribution in [0.1, 0.15) is 24.2 Å². The van der Waals surface area contributed by atoms with Crippen LogP contribution in [0.3, 0.4) is 0 Å². The van der Waals surface area contributed by atoms with E-state index in [1.165, 1.54) is 6.92 Å². The van der Waals surface area contributed by atoms with Crippen molar-refractivity contribution in [2.75, 3.05) is 14.1 Å². The zero-order valence-corrected chi connectivity index (χ0v) is 12.2. The maximum absolute atomic E-state index is 12.0. The SMILES string of the molecule is CC(=O)SOc1ccccc1C(=O)OC(C)N(C)C. The maximum Gasteiger partial charge on any atom is 0.343 e. The van der Waals surface area contributed by atoms with Gasteiger partial charge in [-0.25, -0.2) is 4.79 Å². The summed E-state index contributed by atoms with van der Waals surface area (Å²) in [6, 6.07) is 6.65. The molecule has 5 nitrogen and oxygen atoms in total. The molecule has 0 heterocycles. The van der Waals surface area contributed by atoms with Gasteiger partial charge in [-0.3, -0.25) is 9.69 Å². The fraction of sp³-hybridized carbons (Fsp3) is 0.385. The van der Waals surface area contributed by atoms with Gasteiger partial charge in [-0.2, -0.15) is 0 Å². The van der Waals surface area contributed by atoms with E-state index >= 15 is 0 Å². The van der Waals surface area contributed by atoms with Gasteiger partial charge < -0.3 is 8.92 Å². The Hall–Kier alpha value is -1.53. The van der Waals surface area contributed by atoms with Crippen LogP contribution in [-0.2, 0) is 9.53 Å². The Morgan fingerprint density at radius 2 is 1.89 bits per heavy atom. The van der Waals surface area contributed by atoms with Crippen LogP contribution < -0.4 is 4.18 Å². The quantitative estimate of drug-likeness (QED) is 0.469. The smallest absolute Gasteiger partial charge is 0.343 e. The highest BCUT2D eigenvalue weighted by Crippen LogP contribution is 2.23. The normalized spacial score (nSPS) is 12.1. The van der Waals surface area contributed by atoms with Crippen molar-refractivity contribution in [3.63, 3.8) is 0 Å². The lowest BCUT2D eigenvalue weighted by Crippen LogP contribution is -2.30. The minimum absolute atomic E-state index is 0.190. The molecule has 1 rings (SSSR count). The van der Waals surface area contributed by atoms with Gasteiger partial charge in [0.25, 0.3) is 0 Å². The topological polar surface area (TPSA) is 55.8 Å². The summed E-state index contributed by atoms with van der Waals surface area (Å²) in [5.74, 6) is -0.167. The van der Waals surface area contributed by atoms with E-state index in [0.717, 1.165) is 0 Å². The molecule has 0 N–H and O–H groups in total. The summed E-state index contributed by atoms with van der Waals surface area (Å²) in [6.45, 7) is 3.16. The lowest BCUT2D eigenvalue weighted by molar-refractivity contribution is -0.109. The first kappa shape index (κ1) is 15.5. The van der Waals surface area contributed by atoms with Crippen LogP contribution in [-0.4, -0.2) is 36.3 Å². The molecule has 0 fully saturated rings. The fourth-order valence-corrected chi connectivity index (χ4v) is 1.49. The molecule has 1 aromatic carbocycles. The standard InChI is InChI=1S/C13H17NO4S/c1-9(14(3)4)17-13(16)11-7-5-6-8-12(11)18-19-10(2)15/h5-9H,1-4H3. The average Bonchev–Trinajstić information content (AvgIpc) is 2.36. The zero-order chi connectivity index (χ0) is 14.4. The molecule has 0 aromatic heterocycles. The molecule has 104 valence electrons. The first-order valence-electron chi connectivity index (χ1n) is 5.73. The number of nitrogens with zero attached hydrogens (tertiary/aromatic N) is 1. The van der Waals surface area contributed by atoms with Gasteiger partial charge >= 0.3 is 5.97 Å². The summed E-state index contributed by atoms with van der Waals surface area (Å²) in [6.07, 6.45) is -0.346. The van der Waals surface area contributed by atoms with E-state index in [2.05, 4.69) is 0 Å². The lowest BCUT2D eigenvalue weighted by Gasteiger charge is -2.20. The maximum atomic E-state index is 12.0. The van der Waals surface area contributed by atoms with Crippen molar-refractivity contribution < 1.29 is 18.5 Å². The van der Waals surface area contributed by atoms with Crippen LogP contribution in [0.5, 0.6) is 5.75 Å². The molecule has 0 aliphatic rings.